The second-order valence-electron chi connectivity index (χ2n) is 6.40. The standard InChI is InChI=1S/C18H29N/c1-5-18(10-6-7-11-18)17(19-4)13-16-12-14(2)8-9-15(16)3/h8-9,12,17,19H,5-7,10-11,13H2,1-4H3. The molecule has 1 nitrogen and oxygen atoms in total. The van der Waals surface area contributed by atoms with E-state index in [1.54, 1.807) is 0 Å². The third kappa shape index (κ3) is 3.02. The Morgan fingerprint density at radius 1 is 1.21 bits per heavy atom. The molecule has 1 aromatic rings. The molecule has 0 saturated heterocycles. The maximum atomic E-state index is 3.63. The van der Waals surface area contributed by atoms with E-state index in [0.717, 1.165) is 0 Å². The van der Waals surface area contributed by atoms with Gasteiger partial charge in [0.25, 0.3) is 0 Å². The fourth-order valence-electron chi connectivity index (χ4n) is 3.89. The van der Waals surface area contributed by atoms with Crippen LogP contribution in [0.15, 0.2) is 18.2 Å². The van der Waals surface area contributed by atoms with Crippen LogP contribution in [0.3, 0.4) is 0 Å². The Kier molecular flexibility index (Phi) is 4.67. The molecule has 2 rings (SSSR count). The van der Waals surface area contributed by atoms with Crippen molar-refractivity contribution in [1.29, 1.82) is 0 Å². The first-order valence-corrected chi connectivity index (χ1v) is 7.84. The first-order valence-electron chi connectivity index (χ1n) is 7.84. The van der Waals surface area contributed by atoms with Crippen molar-refractivity contribution < 1.29 is 0 Å². The van der Waals surface area contributed by atoms with Gasteiger partial charge in [-0.2, -0.15) is 0 Å². The summed E-state index contributed by atoms with van der Waals surface area (Å²) in [4.78, 5) is 0. The van der Waals surface area contributed by atoms with Gasteiger partial charge in [-0.05, 0) is 63.1 Å². The van der Waals surface area contributed by atoms with Crippen LogP contribution in [0.1, 0.15) is 55.7 Å². The van der Waals surface area contributed by atoms with Crippen molar-refractivity contribution in [3.05, 3.63) is 34.9 Å². The minimum Gasteiger partial charge on any atom is -0.316 e. The molecule has 1 heteroatoms. The van der Waals surface area contributed by atoms with Crippen LogP contribution >= 0.6 is 0 Å². The maximum absolute atomic E-state index is 3.63. The normalized spacial score (nSPS) is 19.6. The van der Waals surface area contributed by atoms with E-state index in [2.05, 4.69) is 51.3 Å². The number of likely N-dealkylation sites (N-methyl/N-ethyl adjacent to an activating group) is 1. The highest BCUT2D eigenvalue weighted by atomic mass is 14.9. The molecule has 0 amide bonds. The molecule has 19 heavy (non-hydrogen) atoms. The van der Waals surface area contributed by atoms with E-state index in [0.29, 0.717) is 11.5 Å². The number of hydrogen-bond donors (Lipinski definition) is 1. The molecule has 1 aromatic carbocycles. The molecule has 106 valence electrons. The van der Waals surface area contributed by atoms with Gasteiger partial charge in [-0.3, -0.25) is 0 Å². The Bertz CT molecular complexity index is 416. The molecule has 0 aliphatic heterocycles. The highest BCUT2D eigenvalue weighted by Crippen LogP contribution is 2.44. The Balaban J connectivity index is 2.21. The molecule has 1 saturated carbocycles. The summed E-state index contributed by atoms with van der Waals surface area (Å²) in [6.07, 6.45) is 8.12. The van der Waals surface area contributed by atoms with Crippen LogP contribution < -0.4 is 5.32 Å². The zero-order chi connectivity index (χ0) is 13.9. The summed E-state index contributed by atoms with van der Waals surface area (Å²) in [7, 11) is 2.14. The van der Waals surface area contributed by atoms with E-state index in [-0.39, 0.29) is 0 Å². The molecule has 0 heterocycles. The molecule has 0 spiro atoms. The van der Waals surface area contributed by atoms with Crippen LogP contribution in [-0.2, 0) is 6.42 Å². The zero-order valence-electron chi connectivity index (χ0n) is 13.1. The smallest absolute Gasteiger partial charge is 0.0161 e. The molecule has 1 aliphatic rings. The van der Waals surface area contributed by atoms with Crippen LogP contribution in [0.4, 0.5) is 0 Å². The minimum absolute atomic E-state index is 0.533. The molecular weight excluding hydrogens is 230 g/mol. The average molecular weight is 259 g/mol. The van der Waals surface area contributed by atoms with Crippen molar-refractivity contribution in [1.82, 2.24) is 5.32 Å². The predicted octanol–water partition coefficient (Wildman–Crippen LogP) is 4.40. The molecule has 1 N–H and O–H groups in total. The topological polar surface area (TPSA) is 12.0 Å². The Hall–Kier alpha value is -0.820. The second-order valence-corrected chi connectivity index (χ2v) is 6.40. The Morgan fingerprint density at radius 2 is 1.89 bits per heavy atom. The van der Waals surface area contributed by atoms with Crippen LogP contribution in [0.5, 0.6) is 0 Å². The zero-order valence-corrected chi connectivity index (χ0v) is 13.1. The maximum Gasteiger partial charge on any atom is 0.0161 e. The molecule has 1 unspecified atom stereocenters. The van der Waals surface area contributed by atoms with Crippen LogP contribution in [0.2, 0.25) is 0 Å². The summed E-state index contributed by atoms with van der Waals surface area (Å²) < 4.78 is 0. The molecule has 0 bridgehead atoms. The van der Waals surface area contributed by atoms with Gasteiger partial charge in [0.1, 0.15) is 0 Å². The van der Waals surface area contributed by atoms with E-state index in [1.165, 1.54) is 55.2 Å². The van der Waals surface area contributed by atoms with Gasteiger partial charge < -0.3 is 5.32 Å². The lowest BCUT2D eigenvalue weighted by Crippen LogP contribution is -2.43. The highest BCUT2D eigenvalue weighted by Gasteiger charge is 2.38. The van der Waals surface area contributed by atoms with Crippen LogP contribution in [0, 0.1) is 19.3 Å². The van der Waals surface area contributed by atoms with Crippen molar-refractivity contribution in [3.63, 3.8) is 0 Å². The van der Waals surface area contributed by atoms with Crippen molar-refractivity contribution in [3.8, 4) is 0 Å². The fourth-order valence-corrected chi connectivity index (χ4v) is 3.89. The predicted molar refractivity (Wildman–Crippen MR) is 83.7 cm³/mol. The van der Waals surface area contributed by atoms with E-state index in [9.17, 15) is 0 Å². The largest absolute Gasteiger partial charge is 0.316 e. The highest BCUT2D eigenvalue weighted by molar-refractivity contribution is 5.31. The van der Waals surface area contributed by atoms with Gasteiger partial charge in [0, 0.05) is 6.04 Å². The monoisotopic (exact) mass is 259 g/mol. The quantitative estimate of drug-likeness (QED) is 0.826. The number of benzene rings is 1. The number of rotatable bonds is 5. The minimum atomic E-state index is 0.533. The number of aryl methyl sites for hydroxylation is 2. The Labute approximate surface area is 118 Å². The van der Waals surface area contributed by atoms with Crippen molar-refractivity contribution in [2.75, 3.05) is 7.05 Å². The summed E-state index contributed by atoms with van der Waals surface area (Å²) >= 11 is 0. The summed E-state index contributed by atoms with van der Waals surface area (Å²) in [5, 5.41) is 3.63. The van der Waals surface area contributed by atoms with E-state index in [4.69, 9.17) is 0 Å². The van der Waals surface area contributed by atoms with Gasteiger partial charge in [-0.15, -0.1) is 0 Å². The first-order chi connectivity index (χ1) is 9.11. The first kappa shape index (κ1) is 14.6. The summed E-state index contributed by atoms with van der Waals surface area (Å²) in [6, 6.07) is 7.49. The molecule has 1 fully saturated rings. The van der Waals surface area contributed by atoms with Gasteiger partial charge >= 0.3 is 0 Å². The van der Waals surface area contributed by atoms with Crippen molar-refractivity contribution >= 4 is 0 Å². The van der Waals surface area contributed by atoms with Gasteiger partial charge in [0.2, 0.25) is 0 Å². The van der Waals surface area contributed by atoms with E-state index < -0.39 is 0 Å². The number of nitrogens with one attached hydrogen (secondary N) is 1. The lowest BCUT2D eigenvalue weighted by Gasteiger charge is -2.37. The van der Waals surface area contributed by atoms with Crippen LogP contribution in [0.25, 0.3) is 0 Å². The summed E-state index contributed by atoms with van der Waals surface area (Å²) in [5.41, 5.74) is 4.88. The van der Waals surface area contributed by atoms with E-state index in [1.807, 2.05) is 0 Å². The third-order valence-corrected chi connectivity index (χ3v) is 5.32. The molecule has 0 radical (unpaired) electrons. The Morgan fingerprint density at radius 3 is 2.47 bits per heavy atom. The van der Waals surface area contributed by atoms with Gasteiger partial charge in [0.05, 0.1) is 0 Å². The lowest BCUT2D eigenvalue weighted by atomic mass is 9.73. The summed E-state index contributed by atoms with van der Waals surface area (Å²) in [5.74, 6) is 0. The molecule has 1 atom stereocenters. The van der Waals surface area contributed by atoms with Gasteiger partial charge in [0.15, 0.2) is 0 Å². The van der Waals surface area contributed by atoms with Crippen molar-refractivity contribution in [2.45, 2.75) is 65.3 Å². The molecular formula is C18H29N. The molecule has 1 aliphatic carbocycles. The van der Waals surface area contributed by atoms with Gasteiger partial charge in [-0.1, -0.05) is 43.5 Å². The molecule has 0 aromatic heterocycles. The average Bonchev–Trinajstić information content (AvgIpc) is 2.89. The van der Waals surface area contributed by atoms with Gasteiger partial charge in [-0.25, -0.2) is 0 Å². The SMILES string of the molecule is CCC1(C(Cc2cc(C)ccc2C)NC)CCCC1. The number of hydrogen-bond acceptors (Lipinski definition) is 1. The summed E-state index contributed by atoms with van der Waals surface area (Å²) in [6.45, 7) is 6.82. The third-order valence-electron chi connectivity index (χ3n) is 5.32. The van der Waals surface area contributed by atoms with Crippen molar-refractivity contribution in [2.24, 2.45) is 5.41 Å². The second kappa shape index (κ2) is 6.09. The fraction of sp³-hybridized carbons (Fsp3) is 0.667. The van der Waals surface area contributed by atoms with Crippen LogP contribution in [-0.4, -0.2) is 13.1 Å². The lowest BCUT2D eigenvalue weighted by molar-refractivity contribution is 0.192. The van der Waals surface area contributed by atoms with E-state index >= 15 is 0 Å².